The summed E-state index contributed by atoms with van der Waals surface area (Å²) in [5.41, 5.74) is 1.00. The molecule has 110 valence electrons. The number of aryl methyl sites for hydroxylation is 1. The fraction of sp³-hybridized carbons (Fsp3) is 0.667. The van der Waals surface area contributed by atoms with E-state index in [0.717, 1.165) is 44.0 Å². The molecule has 3 rings (SSSR count). The number of carbonyl (C=O) groups is 1. The van der Waals surface area contributed by atoms with Crippen LogP contribution in [0, 0.1) is 12.8 Å². The molecule has 0 spiro atoms. The summed E-state index contributed by atoms with van der Waals surface area (Å²) in [5, 5.41) is 6.23. The maximum Gasteiger partial charge on any atom is 0.265 e. The third-order valence-corrected chi connectivity index (χ3v) is 5.95. The van der Waals surface area contributed by atoms with Gasteiger partial charge in [0.25, 0.3) is 5.91 Å². The molecule has 1 saturated carbocycles. The molecular weight excluding hydrogens is 292 g/mol. The van der Waals surface area contributed by atoms with Gasteiger partial charge in [0.15, 0.2) is 0 Å². The molecule has 1 N–H and O–H groups in total. The van der Waals surface area contributed by atoms with Gasteiger partial charge >= 0.3 is 0 Å². The van der Waals surface area contributed by atoms with Crippen LogP contribution in [0.4, 0.5) is 0 Å². The van der Waals surface area contributed by atoms with Crippen molar-refractivity contribution in [1.29, 1.82) is 0 Å². The van der Waals surface area contributed by atoms with Gasteiger partial charge in [-0.05, 0) is 56.0 Å². The van der Waals surface area contributed by atoms with Crippen molar-refractivity contribution in [3.63, 3.8) is 0 Å². The lowest BCUT2D eigenvalue weighted by molar-refractivity contribution is 0.0710. The van der Waals surface area contributed by atoms with Gasteiger partial charge in [0.1, 0.15) is 4.88 Å². The molecule has 1 aromatic rings. The quantitative estimate of drug-likeness (QED) is 0.925. The van der Waals surface area contributed by atoms with Crippen LogP contribution in [0.3, 0.4) is 0 Å². The zero-order valence-electron chi connectivity index (χ0n) is 11.8. The molecule has 3 nitrogen and oxygen atoms in total. The Kier molecular flexibility index (Phi) is 4.34. The summed E-state index contributed by atoms with van der Waals surface area (Å²) >= 11 is 7.66. The van der Waals surface area contributed by atoms with Crippen molar-refractivity contribution in [3.8, 4) is 0 Å². The van der Waals surface area contributed by atoms with E-state index in [4.69, 9.17) is 11.6 Å². The van der Waals surface area contributed by atoms with Crippen LogP contribution in [-0.2, 0) is 0 Å². The fourth-order valence-corrected chi connectivity index (χ4v) is 3.90. The normalized spacial score (nSPS) is 20.4. The Balaban J connectivity index is 1.52. The minimum absolute atomic E-state index is 0.105. The standard InChI is InChI=1S/C15H21ClN2OS/c1-10-9-20-14(13(10)16)15(19)18-6-4-12(5-7-18)17-8-11-2-3-11/h9,11-12,17H,2-8H2,1H3. The van der Waals surface area contributed by atoms with Gasteiger partial charge in [-0.15, -0.1) is 11.3 Å². The highest BCUT2D eigenvalue weighted by Gasteiger charge is 2.27. The zero-order chi connectivity index (χ0) is 14.1. The number of hydrogen-bond donors (Lipinski definition) is 1. The molecule has 0 bridgehead atoms. The molecule has 0 radical (unpaired) electrons. The van der Waals surface area contributed by atoms with E-state index in [9.17, 15) is 4.79 Å². The van der Waals surface area contributed by atoms with E-state index in [1.807, 2.05) is 17.2 Å². The summed E-state index contributed by atoms with van der Waals surface area (Å²) in [6.45, 7) is 4.79. The first-order chi connectivity index (χ1) is 9.65. The lowest BCUT2D eigenvalue weighted by Crippen LogP contribution is -2.45. The van der Waals surface area contributed by atoms with Gasteiger partial charge in [-0.1, -0.05) is 11.6 Å². The van der Waals surface area contributed by atoms with Crippen molar-refractivity contribution in [3.05, 3.63) is 20.8 Å². The largest absolute Gasteiger partial charge is 0.338 e. The van der Waals surface area contributed by atoms with E-state index < -0.39 is 0 Å². The van der Waals surface area contributed by atoms with Crippen LogP contribution in [-0.4, -0.2) is 36.5 Å². The molecule has 0 atom stereocenters. The van der Waals surface area contributed by atoms with Gasteiger partial charge in [0.2, 0.25) is 0 Å². The molecule has 1 aliphatic heterocycles. The van der Waals surface area contributed by atoms with Crippen molar-refractivity contribution >= 4 is 28.8 Å². The lowest BCUT2D eigenvalue weighted by atomic mass is 10.0. The van der Waals surface area contributed by atoms with Gasteiger partial charge in [0.05, 0.1) is 5.02 Å². The number of nitrogens with one attached hydrogen (secondary N) is 1. The summed E-state index contributed by atoms with van der Waals surface area (Å²) in [6.07, 6.45) is 4.89. The van der Waals surface area contributed by atoms with Crippen LogP contribution in [0.5, 0.6) is 0 Å². The molecule has 5 heteroatoms. The van der Waals surface area contributed by atoms with E-state index in [2.05, 4.69) is 5.32 Å². The highest BCUT2D eigenvalue weighted by molar-refractivity contribution is 7.13. The average Bonchev–Trinajstić information content (AvgIpc) is 3.24. The average molecular weight is 313 g/mol. The van der Waals surface area contributed by atoms with E-state index >= 15 is 0 Å². The van der Waals surface area contributed by atoms with E-state index in [-0.39, 0.29) is 5.91 Å². The number of piperidine rings is 1. The Morgan fingerprint density at radius 3 is 2.65 bits per heavy atom. The number of amides is 1. The number of hydrogen-bond acceptors (Lipinski definition) is 3. The minimum Gasteiger partial charge on any atom is -0.338 e. The van der Waals surface area contributed by atoms with E-state index in [1.165, 1.54) is 24.2 Å². The fourth-order valence-electron chi connectivity index (χ4n) is 2.66. The van der Waals surface area contributed by atoms with Crippen LogP contribution >= 0.6 is 22.9 Å². The van der Waals surface area contributed by atoms with E-state index in [1.54, 1.807) is 0 Å². The Labute approximate surface area is 129 Å². The van der Waals surface area contributed by atoms with Gasteiger partial charge in [-0.2, -0.15) is 0 Å². The van der Waals surface area contributed by atoms with Gasteiger partial charge < -0.3 is 10.2 Å². The van der Waals surface area contributed by atoms with Crippen LogP contribution in [0.15, 0.2) is 5.38 Å². The van der Waals surface area contributed by atoms with Crippen molar-refractivity contribution in [2.24, 2.45) is 5.92 Å². The smallest absolute Gasteiger partial charge is 0.265 e. The highest BCUT2D eigenvalue weighted by atomic mass is 35.5. The molecule has 2 aliphatic rings. The molecule has 1 aromatic heterocycles. The molecule has 1 saturated heterocycles. The monoisotopic (exact) mass is 312 g/mol. The summed E-state index contributed by atoms with van der Waals surface area (Å²) in [5.74, 6) is 1.02. The van der Waals surface area contributed by atoms with E-state index in [0.29, 0.717) is 15.9 Å². The summed E-state index contributed by atoms with van der Waals surface area (Å²) in [4.78, 5) is 15.1. The van der Waals surface area contributed by atoms with Crippen molar-refractivity contribution in [2.75, 3.05) is 19.6 Å². The molecule has 1 aliphatic carbocycles. The Morgan fingerprint density at radius 2 is 2.10 bits per heavy atom. The minimum atomic E-state index is 0.105. The Hall–Kier alpha value is -0.580. The number of carbonyl (C=O) groups excluding carboxylic acids is 1. The molecule has 1 amide bonds. The summed E-state index contributed by atoms with van der Waals surface area (Å²) in [6, 6.07) is 0.584. The van der Waals surface area contributed by atoms with Gasteiger partial charge in [-0.25, -0.2) is 0 Å². The van der Waals surface area contributed by atoms with Crippen LogP contribution in [0.25, 0.3) is 0 Å². The predicted molar refractivity (Wildman–Crippen MR) is 83.7 cm³/mol. The number of thiophene rings is 1. The van der Waals surface area contributed by atoms with Crippen LogP contribution < -0.4 is 5.32 Å². The topological polar surface area (TPSA) is 32.3 Å². The van der Waals surface area contributed by atoms with Gasteiger partial charge in [0, 0.05) is 19.1 Å². The van der Waals surface area contributed by atoms with Gasteiger partial charge in [-0.3, -0.25) is 4.79 Å². The SMILES string of the molecule is Cc1csc(C(=O)N2CCC(NCC3CC3)CC2)c1Cl. The second-order valence-corrected chi connectivity index (χ2v) is 7.24. The second kappa shape index (κ2) is 6.04. The third-order valence-electron chi connectivity index (χ3n) is 4.27. The van der Waals surface area contributed by atoms with Crippen LogP contribution in [0.1, 0.15) is 40.9 Å². The van der Waals surface area contributed by atoms with Crippen molar-refractivity contribution in [2.45, 2.75) is 38.6 Å². The highest BCUT2D eigenvalue weighted by Crippen LogP contribution is 2.30. The summed E-state index contributed by atoms with van der Waals surface area (Å²) < 4.78 is 0. The summed E-state index contributed by atoms with van der Waals surface area (Å²) in [7, 11) is 0. The molecule has 0 aromatic carbocycles. The molecule has 20 heavy (non-hydrogen) atoms. The molecule has 0 unspecified atom stereocenters. The molecular formula is C15H21ClN2OS. The first-order valence-electron chi connectivity index (χ1n) is 7.41. The molecule has 2 fully saturated rings. The number of halogens is 1. The van der Waals surface area contributed by atoms with Crippen molar-refractivity contribution in [1.82, 2.24) is 10.2 Å². The Bertz CT molecular complexity index is 490. The first kappa shape index (κ1) is 14.4. The lowest BCUT2D eigenvalue weighted by Gasteiger charge is -2.32. The Morgan fingerprint density at radius 1 is 1.40 bits per heavy atom. The molecule has 2 heterocycles. The van der Waals surface area contributed by atoms with Crippen LogP contribution in [0.2, 0.25) is 5.02 Å². The third kappa shape index (κ3) is 3.18. The number of rotatable bonds is 4. The maximum atomic E-state index is 12.4. The maximum absolute atomic E-state index is 12.4. The predicted octanol–water partition coefficient (Wildman–Crippen LogP) is 3.31. The zero-order valence-corrected chi connectivity index (χ0v) is 13.4. The second-order valence-electron chi connectivity index (χ2n) is 5.98. The number of nitrogens with zero attached hydrogens (tertiary/aromatic N) is 1. The first-order valence-corrected chi connectivity index (χ1v) is 8.67. The van der Waals surface area contributed by atoms with Crippen molar-refractivity contribution < 1.29 is 4.79 Å². The number of likely N-dealkylation sites (tertiary alicyclic amines) is 1.